The van der Waals surface area contributed by atoms with Crippen molar-refractivity contribution < 1.29 is 13.6 Å². The van der Waals surface area contributed by atoms with E-state index in [-0.39, 0.29) is 23.5 Å². The number of rotatable bonds is 5. The van der Waals surface area contributed by atoms with Gasteiger partial charge in [-0.3, -0.25) is 4.79 Å². The number of nitrogens with one attached hydrogen (secondary N) is 1. The maximum absolute atomic E-state index is 13.1. The van der Waals surface area contributed by atoms with E-state index in [2.05, 4.69) is 5.32 Å². The molecule has 2 aromatic rings. The molecule has 0 saturated carbocycles. The van der Waals surface area contributed by atoms with Gasteiger partial charge in [-0.15, -0.1) is 11.8 Å². The Balaban J connectivity index is 1.87. The van der Waals surface area contributed by atoms with Gasteiger partial charge in [-0.2, -0.15) is 0 Å². The molecule has 2 rings (SSSR count). The molecule has 106 valence electrons. The van der Waals surface area contributed by atoms with Gasteiger partial charge in [0, 0.05) is 10.6 Å². The molecular formula is C14H15FN2O2S. The van der Waals surface area contributed by atoms with Gasteiger partial charge in [-0.05, 0) is 37.3 Å². The minimum atomic E-state index is -0.369. The summed E-state index contributed by atoms with van der Waals surface area (Å²) in [4.78, 5) is 12.4. The van der Waals surface area contributed by atoms with Crippen LogP contribution in [-0.4, -0.2) is 11.7 Å². The van der Waals surface area contributed by atoms with E-state index in [9.17, 15) is 9.18 Å². The Labute approximate surface area is 120 Å². The zero-order valence-corrected chi connectivity index (χ0v) is 11.7. The van der Waals surface area contributed by atoms with Crippen molar-refractivity contribution >= 4 is 23.4 Å². The molecular weight excluding hydrogens is 279 g/mol. The van der Waals surface area contributed by atoms with Crippen molar-refractivity contribution in [3.05, 3.63) is 48.2 Å². The number of carbonyl (C=O) groups excluding carboxylic acids is 1. The molecule has 6 heteroatoms. The summed E-state index contributed by atoms with van der Waals surface area (Å²) >= 11 is 1.20. The molecule has 1 atom stereocenters. The number of amides is 1. The monoisotopic (exact) mass is 294 g/mol. The first-order chi connectivity index (χ1) is 9.56. The third-order valence-corrected chi connectivity index (χ3v) is 3.75. The lowest BCUT2D eigenvalue weighted by atomic mass is 10.2. The molecule has 1 aromatic heterocycles. The molecule has 3 N–H and O–H groups in total. The number of nitrogen functional groups attached to an aromatic ring is 1. The van der Waals surface area contributed by atoms with Gasteiger partial charge in [0.05, 0.1) is 18.1 Å². The van der Waals surface area contributed by atoms with Crippen molar-refractivity contribution in [2.24, 2.45) is 0 Å². The molecule has 1 unspecified atom stereocenters. The molecule has 4 nitrogen and oxygen atoms in total. The fraction of sp³-hybridized carbons (Fsp3) is 0.214. The fourth-order valence-electron chi connectivity index (χ4n) is 1.67. The Kier molecular flexibility index (Phi) is 4.68. The largest absolute Gasteiger partial charge is 0.467 e. The molecule has 1 heterocycles. The number of carbonyl (C=O) groups is 1. The Morgan fingerprint density at radius 3 is 3.00 bits per heavy atom. The number of benzene rings is 1. The van der Waals surface area contributed by atoms with E-state index in [1.807, 2.05) is 6.92 Å². The summed E-state index contributed by atoms with van der Waals surface area (Å²) in [6.07, 6.45) is 1.56. The number of hydrogen-bond acceptors (Lipinski definition) is 4. The van der Waals surface area contributed by atoms with Gasteiger partial charge < -0.3 is 15.5 Å². The lowest BCUT2D eigenvalue weighted by Gasteiger charge is -2.11. The average molecular weight is 294 g/mol. The summed E-state index contributed by atoms with van der Waals surface area (Å²) in [5.74, 6) is 0.320. The van der Waals surface area contributed by atoms with Crippen molar-refractivity contribution in [2.75, 3.05) is 11.5 Å². The van der Waals surface area contributed by atoms with E-state index in [1.165, 1.54) is 30.0 Å². The molecule has 0 aliphatic carbocycles. The van der Waals surface area contributed by atoms with Crippen LogP contribution in [0, 0.1) is 5.82 Å². The molecule has 0 fully saturated rings. The number of hydrogen-bond donors (Lipinski definition) is 2. The lowest BCUT2D eigenvalue weighted by Crippen LogP contribution is -2.27. The number of halogens is 1. The van der Waals surface area contributed by atoms with Crippen LogP contribution in [-0.2, 0) is 4.79 Å². The van der Waals surface area contributed by atoms with Crippen LogP contribution in [0.25, 0.3) is 0 Å². The van der Waals surface area contributed by atoms with Crippen LogP contribution < -0.4 is 11.1 Å². The summed E-state index contributed by atoms with van der Waals surface area (Å²) in [6, 6.07) is 7.45. The average Bonchev–Trinajstić information content (AvgIpc) is 2.94. The van der Waals surface area contributed by atoms with Crippen molar-refractivity contribution in [1.29, 1.82) is 0 Å². The number of furan rings is 1. The molecule has 0 spiro atoms. The fourth-order valence-corrected chi connectivity index (χ4v) is 2.47. The smallest absolute Gasteiger partial charge is 0.230 e. The summed E-state index contributed by atoms with van der Waals surface area (Å²) in [7, 11) is 0. The van der Waals surface area contributed by atoms with Gasteiger partial charge in [0.25, 0.3) is 0 Å². The quantitative estimate of drug-likeness (QED) is 0.657. The minimum absolute atomic E-state index is 0.164. The highest BCUT2D eigenvalue weighted by atomic mass is 32.2. The lowest BCUT2D eigenvalue weighted by molar-refractivity contribution is -0.119. The second kappa shape index (κ2) is 6.47. The molecule has 0 radical (unpaired) electrons. The van der Waals surface area contributed by atoms with Crippen LogP contribution in [0.2, 0.25) is 0 Å². The van der Waals surface area contributed by atoms with Gasteiger partial charge in [-0.1, -0.05) is 0 Å². The molecule has 0 saturated heterocycles. The molecule has 0 aliphatic rings. The highest BCUT2D eigenvalue weighted by Crippen LogP contribution is 2.25. The Hall–Kier alpha value is -1.95. The predicted molar refractivity (Wildman–Crippen MR) is 76.8 cm³/mol. The van der Waals surface area contributed by atoms with E-state index in [0.29, 0.717) is 16.3 Å². The van der Waals surface area contributed by atoms with E-state index in [1.54, 1.807) is 18.4 Å². The Bertz CT molecular complexity index is 587. The minimum Gasteiger partial charge on any atom is -0.467 e. The van der Waals surface area contributed by atoms with Gasteiger partial charge in [-0.25, -0.2) is 4.39 Å². The van der Waals surface area contributed by atoms with Crippen LogP contribution in [0.3, 0.4) is 0 Å². The molecule has 0 aliphatic heterocycles. The first kappa shape index (κ1) is 14.5. The zero-order chi connectivity index (χ0) is 14.5. The van der Waals surface area contributed by atoms with E-state index in [4.69, 9.17) is 10.2 Å². The standard InChI is InChI=1S/C14H15FN2O2S/c1-9(12-3-2-6-19-12)17-14(18)8-20-13-7-10(15)4-5-11(13)16/h2-7,9H,8,16H2,1H3,(H,17,18). The summed E-state index contributed by atoms with van der Waals surface area (Å²) in [6.45, 7) is 1.83. The van der Waals surface area contributed by atoms with Crippen LogP contribution >= 0.6 is 11.8 Å². The van der Waals surface area contributed by atoms with Crippen LogP contribution in [0.4, 0.5) is 10.1 Å². The van der Waals surface area contributed by atoms with Crippen LogP contribution in [0.5, 0.6) is 0 Å². The Morgan fingerprint density at radius 1 is 1.50 bits per heavy atom. The molecule has 1 amide bonds. The molecule has 1 aromatic carbocycles. The normalized spacial score (nSPS) is 12.1. The van der Waals surface area contributed by atoms with E-state index >= 15 is 0 Å². The third kappa shape index (κ3) is 3.77. The van der Waals surface area contributed by atoms with Gasteiger partial charge >= 0.3 is 0 Å². The first-order valence-corrected chi connectivity index (χ1v) is 7.05. The SMILES string of the molecule is CC(NC(=O)CSc1cc(F)ccc1N)c1ccco1. The highest BCUT2D eigenvalue weighted by Gasteiger charge is 2.12. The maximum Gasteiger partial charge on any atom is 0.230 e. The topological polar surface area (TPSA) is 68.3 Å². The van der Waals surface area contributed by atoms with Crippen molar-refractivity contribution in [1.82, 2.24) is 5.32 Å². The maximum atomic E-state index is 13.1. The van der Waals surface area contributed by atoms with Gasteiger partial charge in [0.15, 0.2) is 0 Å². The molecule has 0 bridgehead atoms. The Morgan fingerprint density at radius 2 is 2.30 bits per heavy atom. The third-order valence-electron chi connectivity index (χ3n) is 2.68. The van der Waals surface area contributed by atoms with Crippen molar-refractivity contribution in [3.8, 4) is 0 Å². The van der Waals surface area contributed by atoms with E-state index < -0.39 is 0 Å². The summed E-state index contributed by atoms with van der Waals surface area (Å²) < 4.78 is 18.3. The summed E-state index contributed by atoms with van der Waals surface area (Å²) in [5, 5.41) is 2.80. The number of anilines is 1. The molecule has 20 heavy (non-hydrogen) atoms. The number of thioether (sulfide) groups is 1. The van der Waals surface area contributed by atoms with Crippen LogP contribution in [0.15, 0.2) is 45.9 Å². The second-order valence-corrected chi connectivity index (χ2v) is 5.29. The summed E-state index contributed by atoms with van der Waals surface area (Å²) in [5.41, 5.74) is 6.18. The zero-order valence-electron chi connectivity index (χ0n) is 10.9. The van der Waals surface area contributed by atoms with Gasteiger partial charge in [0.2, 0.25) is 5.91 Å². The second-order valence-electron chi connectivity index (χ2n) is 4.28. The first-order valence-electron chi connectivity index (χ1n) is 6.07. The number of nitrogens with two attached hydrogens (primary N) is 1. The van der Waals surface area contributed by atoms with E-state index in [0.717, 1.165) is 0 Å². The van der Waals surface area contributed by atoms with Gasteiger partial charge in [0.1, 0.15) is 11.6 Å². The predicted octanol–water partition coefficient (Wildman–Crippen LogP) is 2.97. The van der Waals surface area contributed by atoms with Crippen molar-refractivity contribution in [3.63, 3.8) is 0 Å². The highest BCUT2D eigenvalue weighted by molar-refractivity contribution is 8.00. The van der Waals surface area contributed by atoms with Crippen molar-refractivity contribution in [2.45, 2.75) is 17.9 Å². The van der Waals surface area contributed by atoms with Crippen LogP contribution in [0.1, 0.15) is 18.7 Å².